The number of nitrogens with zero attached hydrogens (tertiary/aromatic N) is 1. The van der Waals surface area contributed by atoms with Crippen LogP contribution < -0.4 is 0 Å². The normalized spacial score (nSPS) is 30.9. The number of ether oxygens (including phenoxy) is 2. The third-order valence-corrected chi connectivity index (χ3v) is 4.81. The largest absolute Gasteiger partial charge is 0.462 e. The van der Waals surface area contributed by atoms with Crippen molar-refractivity contribution in [1.29, 1.82) is 0 Å². The molecule has 0 spiro atoms. The van der Waals surface area contributed by atoms with E-state index in [-0.39, 0.29) is 6.61 Å². The Labute approximate surface area is 125 Å². The minimum Gasteiger partial charge on any atom is -0.462 e. The van der Waals surface area contributed by atoms with E-state index >= 15 is 0 Å². The minimum atomic E-state index is -0.0408. The van der Waals surface area contributed by atoms with Crippen molar-refractivity contribution in [3.8, 4) is 0 Å². The van der Waals surface area contributed by atoms with Gasteiger partial charge < -0.3 is 19.0 Å². The molecule has 0 amide bonds. The molecule has 1 aliphatic carbocycles. The smallest absolute Gasteiger partial charge is 0.129 e. The van der Waals surface area contributed by atoms with Gasteiger partial charge in [-0.15, -0.1) is 0 Å². The number of furan rings is 1. The number of rotatable bonds is 5. The fourth-order valence-electron chi connectivity index (χ4n) is 3.73. The van der Waals surface area contributed by atoms with Crippen LogP contribution >= 0.6 is 0 Å². The standard InChI is InChI=1S/C16H25NO4/c1-19-16-4-2-3-14(16)15-11-20-8-7-17(15)9-12-5-6-13(10-18)21-12/h5-6,14-16,18H,2-4,7-11H2,1H3. The van der Waals surface area contributed by atoms with Crippen molar-refractivity contribution in [2.45, 2.75) is 44.6 Å². The highest BCUT2D eigenvalue weighted by Gasteiger charge is 2.38. The zero-order valence-corrected chi connectivity index (χ0v) is 12.7. The van der Waals surface area contributed by atoms with Crippen molar-refractivity contribution in [2.75, 3.05) is 26.9 Å². The van der Waals surface area contributed by atoms with E-state index < -0.39 is 0 Å². The molecule has 3 atom stereocenters. The van der Waals surface area contributed by atoms with Crippen LogP contribution in [0.4, 0.5) is 0 Å². The van der Waals surface area contributed by atoms with Crippen molar-refractivity contribution >= 4 is 0 Å². The summed E-state index contributed by atoms with van der Waals surface area (Å²) in [6.45, 7) is 3.21. The molecule has 118 valence electrons. The molecular formula is C16H25NO4. The number of hydrogen-bond donors (Lipinski definition) is 1. The van der Waals surface area contributed by atoms with E-state index in [1.54, 1.807) is 0 Å². The molecule has 0 bridgehead atoms. The topological polar surface area (TPSA) is 55.1 Å². The lowest BCUT2D eigenvalue weighted by atomic mass is 9.94. The third-order valence-electron chi connectivity index (χ3n) is 4.81. The van der Waals surface area contributed by atoms with E-state index in [2.05, 4.69) is 4.90 Å². The highest BCUT2D eigenvalue weighted by atomic mass is 16.5. The van der Waals surface area contributed by atoms with Crippen molar-refractivity contribution in [1.82, 2.24) is 4.90 Å². The molecule has 2 aliphatic rings. The Morgan fingerprint density at radius 1 is 1.33 bits per heavy atom. The van der Waals surface area contributed by atoms with Crippen LogP contribution in [0.2, 0.25) is 0 Å². The summed E-state index contributed by atoms with van der Waals surface area (Å²) >= 11 is 0. The van der Waals surface area contributed by atoms with E-state index in [4.69, 9.17) is 19.0 Å². The molecule has 1 saturated carbocycles. The second-order valence-electron chi connectivity index (χ2n) is 6.01. The quantitative estimate of drug-likeness (QED) is 0.897. The van der Waals surface area contributed by atoms with E-state index in [0.29, 0.717) is 23.8 Å². The maximum atomic E-state index is 9.10. The van der Waals surface area contributed by atoms with E-state index in [1.165, 1.54) is 12.8 Å². The molecule has 5 nitrogen and oxygen atoms in total. The molecule has 5 heteroatoms. The van der Waals surface area contributed by atoms with Gasteiger partial charge in [-0.25, -0.2) is 0 Å². The Morgan fingerprint density at radius 2 is 2.19 bits per heavy atom. The molecule has 0 radical (unpaired) electrons. The van der Waals surface area contributed by atoms with Gasteiger partial charge in [0, 0.05) is 25.6 Å². The molecule has 1 aliphatic heterocycles. The van der Waals surface area contributed by atoms with Gasteiger partial charge in [0.05, 0.1) is 25.9 Å². The van der Waals surface area contributed by atoms with Gasteiger partial charge >= 0.3 is 0 Å². The molecule has 1 aromatic rings. The molecular weight excluding hydrogens is 270 g/mol. The Morgan fingerprint density at radius 3 is 2.95 bits per heavy atom. The molecule has 1 saturated heterocycles. The zero-order valence-electron chi connectivity index (χ0n) is 12.7. The molecule has 3 rings (SSSR count). The van der Waals surface area contributed by atoms with Crippen LogP contribution in [0.15, 0.2) is 16.5 Å². The van der Waals surface area contributed by atoms with Crippen molar-refractivity contribution in [2.24, 2.45) is 5.92 Å². The summed E-state index contributed by atoms with van der Waals surface area (Å²) in [6.07, 6.45) is 3.95. The first kappa shape index (κ1) is 15.0. The first-order valence-corrected chi connectivity index (χ1v) is 7.85. The summed E-state index contributed by atoms with van der Waals surface area (Å²) in [7, 11) is 1.82. The molecule has 2 heterocycles. The minimum absolute atomic E-state index is 0.0408. The molecule has 3 unspecified atom stereocenters. The summed E-state index contributed by atoms with van der Waals surface area (Å²) in [5, 5.41) is 9.10. The number of aliphatic hydroxyl groups excluding tert-OH is 1. The van der Waals surface area contributed by atoms with Crippen LogP contribution in [0.25, 0.3) is 0 Å². The average molecular weight is 295 g/mol. The van der Waals surface area contributed by atoms with Crippen molar-refractivity contribution in [3.63, 3.8) is 0 Å². The second-order valence-corrected chi connectivity index (χ2v) is 6.01. The van der Waals surface area contributed by atoms with Crippen LogP contribution in [0.1, 0.15) is 30.8 Å². The van der Waals surface area contributed by atoms with Gasteiger partial charge in [0.25, 0.3) is 0 Å². The Kier molecular flexibility index (Phi) is 4.95. The Hall–Kier alpha value is -0.880. The van der Waals surface area contributed by atoms with Crippen LogP contribution in [-0.2, 0) is 22.6 Å². The zero-order chi connectivity index (χ0) is 14.7. The molecule has 21 heavy (non-hydrogen) atoms. The number of aliphatic hydroxyl groups is 1. The molecule has 1 aromatic heterocycles. The van der Waals surface area contributed by atoms with E-state index in [9.17, 15) is 0 Å². The van der Waals surface area contributed by atoms with Gasteiger partial charge in [0.2, 0.25) is 0 Å². The highest BCUT2D eigenvalue weighted by molar-refractivity contribution is 5.07. The predicted molar refractivity (Wildman–Crippen MR) is 77.8 cm³/mol. The molecule has 2 fully saturated rings. The molecule has 1 N–H and O–H groups in total. The monoisotopic (exact) mass is 295 g/mol. The lowest BCUT2D eigenvalue weighted by Gasteiger charge is -2.40. The van der Waals surface area contributed by atoms with Gasteiger partial charge in [-0.3, -0.25) is 4.90 Å². The summed E-state index contributed by atoms with van der Waals surface area (Å²) in [5.74, 6) is 2.09. The van der Waals surface area contributed by atoms with Gasteiger partial charge in [-0.2, -0.15) is 0 Å². The molecule has 0 aromatic carbocycles. The second kappa shape index (κ2) is 6.92. The van der Waals surface area contributed by atoms with Crippen LogP contribution in [0.3, 0.4) is 0 Å². The van der Waals surface area contributed by atoms with Gasteiger partial charge in [-0.05, 0) is 25.0 Å². The maximum absolute atomic E-state index is 9.10. The predicted octanol–water partition coefficient (Wildman–Crippen LogP) is 1.79. The number of methoxy groups -OCH3 is 1. The highest BCUT2D eigenvalue weighted by Crippen LogP contribution is 2.34. The number of morpholine rings is 1. The van der Waals surface area contributed by atoms with Crippen LogP contribution in [0.5, 0.6) is 0 Å². The summed E-state index contributed by atoms with van der Waals surface area (Å²) in [5.41, 5.74) is 0. The van der Waals surface area contributed by atoms with Crippen LogP contribution in [-0.4, -0.2) is 49.0 Å². The third kappa shape index (κ3) is 3.31. The first-order chi connectivity index (χ1) is 10.3. The maximum Gasteiger partial charge on any atom is 0.129 e. The summed E-state index contributed by atoms with van der Waals surface area (Å²) in [4.78, 5) is 2.45. The van der Waals surface area contributed by atoms with Gasteiger partial charge in [0.1, 0.15) is 18.1 Å². The lowest BCUT2D eigenvalue weighted by Crippen LogP contribution is -2.50. The SMILES string of the molecule is COC1CCCC1C1COCCN1Cc1ccc(CO)o1. The lowest BCUT2D eigenvalue weighted by molar-refractivity contribution is -0.0627. The Balaban J connectivity index is 1.69. The Bertz CT molecular complexity index is 447. The fourth-order valence-corrected chi connectivity index (χ4v) is 3.73. The van der Waals surface area contributed by atoms with Gasteiger partial charge in [-0.1, -0.05) is 6.42 Å². The summed E-state index contributed by atoms with van der Waals surface area (Å²) < 4.78 is 17.0. The van der Waals surface area contributed by atoms with Gasteiger partial charge in [0.15, 0.2) is 0 Å². The first-order valence-electron chi connectivity index (χ1n) is 7.85. The van der Waals surface area contributed by atoms with E-state index in [1.807, 2.05) is 19.2 Å². The van der Waals surface area contributed by atoms with Crippen molar-refractivity contribution < 1.29 is 19.0 Å². The van der Waals surface area contributed by atoms with Crippen LogP contribution in [0, 0.1) is 5.92 Å². The summed E-state index contributed by atoms with van der Waals surface area (Å²) in [6, 6.07) is 4.20. The average Bonchev–Trinajstić information content (AvgIpc) is 3.16. The number of hydrogen-bond acceptors (Lipinski definition) is 5. The van der Waals surface area contributed by atoms with Crippen molar-refractivity contribution in [3.05, 3.63) is 23.7 Å². The van der Waals surface area contributed by atoms with E-state index in [0.717, 1.165) is 38.5 Å². The fraction of sp³-hybridized carbons (Fsp3) is 0.750.